The van der Waals surface area contributed by atoms with Crippen molar-refractivity contribution in [3.63, 3.8) is 0 Å². The topological polar surface area (TPSA) is 160 Å². The third-order valence-corrected chi connectivity index (χ3v) is 12.0. The van der Waals surface area contributed by atoms with Crippen molar-refractivity contribution in [3.8, 4) is 0 Å². The molecule has 54 heavy (non-hydrogen) atoms. The molecule has 0 aromatic heterocycles. The van der Waals surface area contributed by atoms with Crippen LogP contribution in [-0.4, -0.2) is 81.1 Å². The molecule has 0 spiro atoms. The minimum atomic E-state index is -4.22. The highest BCUT2D eigenvalue weighted by Crippen LogP contribution is 2.36. The summed E-state index contributed by atoms with van der Waals surface area (Å²) in [5, 5.41) is 6.11. The zero-order valence-corrected chi connectivity index (χ0v) is 32.5. The third-order valence-electron chi connectivity index (χ3n) is 10.0. The number of nitrogens with one attached hydrogen (secondary N) is 2. The summed E-state index contributed by atoms with van der Waals surface area (Å²) in [4.78, 5) is 57.3. The summed E-state index contributed by atoms with van der Waals surface area (Å²) in [6.07, 6.45) is 3.82. The van der Waals surface area contributed by atoms with Gasteiger partial charge in [-0.2, -0.15) is 4.31 Å². The van der Waals surface area contributed by atoms with Gasteiger partial charge in [0.15, 0.2) is 7.11 Å². The minimum absolute atomic E-state index is 0.0659. The Labute approximate surface area is 318 Å². The number of hydrogen-bond acceptors (Lipinski definition) is 9. The minimum Gasteiger partial charge on any atom is -0.468 e. The van der Waals surface area contributed by atoms with Crippen LogP contribution in [-0.2, 0) is 33.9 Å². The molecule has 2 unspecified atom stereocenters. The van der Waals surface area contributed by atoms with Gasteiger partial charge < -0.3 is 20.1 Å². The number of esters is 1. The Morgan fingerprint density at radius 3 is 1.91 bits per heavy atom. The van der Waals surface area contributed by atoms with E-state index in [4.69, 9.17) is 9.47 Å². The molecule has 2 amide bonds. The van der Waals surface area contributed by atoms with Gasteiger partial charge in [-0.25, -0.2) is 18.0 Å². The van der Waals surface area contributed by atoms with Crippen LogP contribution in [0.1, 0.15) is 82.3 Å². The molecule has 0 bridgehead atoms. The second kappa shape index (κ2) is 19.5. The summed E-state index contributed by atoms with van der Waals surface area (Å²) in [5.41, 5.74) is 1.13. The standard InChI is InChI=1S/C40H52N4O9S/c1-29(2)24-28-43(54(49,50)33-22-20-32(21-23-33)44(48)53-5)34(38(46)51-3)19-14-27-40(25-12-13-26-40)42-37(45)36(41-39(47)52-4)35(30-15-8-6-9-16-30)31-17-10-7-11-18-31/h6-11,15-18,20-23,29,34-36H,12-14,19,24-28H2,1-5H3,(H-,41,42,45,47)/p+1. The third kappa shape index (κ3) is 10.7. The van der Waals surface area contributed by atoms with Crippen LogP contribution in [0.3, 0.4) is 0 Å². The number of sulfonamides is 1. The summed E-state index contributed by atoms with van der Waals surface area (Å²) in [6.45, 7) is 4.00. The second-order valence-corrected chi connectivity index (χ2v) is 15.9. The molecule has 1 aliphatic carbocycles. The highest BCUT2D eigenvalue weighted by Gasteiger charge is 2.42. The van der Waals surface area contributed by atoms with E-state index in [1.165, 1.54) is 49.9 Å². The van der Waals surface area contributed by atoms with Crippen molar-refractivity contribution in [2.24, 2.45) is 5.92 Å². The number of carbonyl (C=O) groups is 3. The fourth-order valence-corrected chi connectivity index (χ4v) is 8.79. The number of ether oxygens (including phenoxy) is 2. The lowest BCUT2D eigenvalue weighted by molar-refractivity contribution is -0.736. The molecule has 0 radical (unpaired) electrons. The first-order valence-electron chi connectivity index (χ1n) is 18.3. The van der Waals surface area contributed by atoms with E-state index >= 15 is 0 Å². The highest BCUT2D eigenvalue weighted by molar-refractivity contribution is 7.89. The normalized spacial score (nSPS) is 15.0. The molecular weight excluding hydrogens is 713 g/mol. The summed E-state index contributed by atoms with van der Waals surface area (Å²) < 4.78 is 39.7. The average Bonchev–Trinajstić information content (AvgIpc) is 3.64. The van der Waals surface area contributed by atoms with Gasteiger partial charge in [-0.1, -0.05) is 87.4 Å². The molecule has 13 nitrogen and oxygen atoms in total. The Bertz CT molecular complexity index is 1760. The fraction of sp³-hybridized carbons (Fsp3) is 0.475. The zero-order chi connectivity index (χ0) is 39.3. The van der Waals surface area contributed by atoms with Crippen molar-refractivity contribution >= 4 is 33.7 Å². The molecule has 1 saturated carbocycles. The van der Waals surface area contributed by atoms with Gasteiger partial charge in [0.25, 0.3) is 4.92 Å². The molecule has 4 rings (SSSR count). The first kappa shape index (κ1) is 41.9. The van der Waals surface area contributed by atoms with Gasteiger partial charge in [-0.15, -0.1) is 0 Å². The number of carbonyl (C=O) groups excluding carboxylic acids is 3. The molecule has 0 saturated heterocycles. The van der Waals surface area contributed by atoms with E-state index in [9.17, 15) is 27.7 Å². The van der Waals surface area contributed by atoms with E-state index in [0.717, 1.165) is 24.0 Å². The maximum absolute atomic E-state index is 14.5. The van der Waals surface area contributed by atoms with Crippen LogP contribution in [0.4, 0.5) is 10.5 Å². The van der Waals surface area contributed by atoms with Crippen molar-refractivity contribution < 1.29 is 42.0 Å². The van der Waals surface area contributed by atoms with Gasteiger partial charge in [0.05, 0.1) is 24.0 Å². The van der Waals surface area contributed by atoms with E-state index in [1.807, 2.05) is 74.5 Å². The molecule has 2 N–H and O–H groups in total. The Morgan fingerprint density at radius 1 is 0.833 bits per heavy atom. The summed E-state index contributed by atoms with van der Waals surface area (Å²) in [6, 6.07) is 22.1. The van der Waals surface area contributed by atoms with Crippen LogP contribution in [0, 0.1) is 10.8 Å². The number of hydrogen-bond donors (Lipinski definition) is 2. The van der Waals surface area contributed by atoms with Crippen molar-refractivity contribution in [1.29, 1.82) is 0 Å². The van der Waals surface area contributed by atoms with Crippen LogP contribution in [0.2, 0.25) is 0 Å². The first-order valence-corrected chi connectivity index (χ1v) is 19.8. The van der Waals surface area contributed by atoms with Crippen LogP contribution in [0.15, 0.2) is 89.8 Å². The van der Waals surface area contributed by atoms with Crippen molar-refractivity contribution in [1.82, 2.24) is 14.9 Å². The number of rotatable bonds is 19. The van der Waals surface area contributed by atoms with Gasteiger partial charge in [-0.3, -0.25) is 9.59 Å². The number of benzene rings is 3. The lowest BCUT2D eigenvalue weighted by atomic mass is 9.83. The van der Waals surface area contributed by atoms with Crippen molar-refractivity contribution in [2.45, 2.75) is 93.7 Å². The molecular formula is C40H53N4O9S+. The molecule has 3 aromatic carbocycles. The predicted molar refractivity (Wildman–Crippen MR) is 203 cm³/mol. The van der Waals surface area contributed by atoms with E-state index in [0.29, 0.717) is 32.1 Å². The predicted octanol–water partition coefficient (Wildman–Crippen LogP) is 6.39. The average molecular weight is 766 g/mol. The lowest BCUT2D eigenvalue weighted by Gasteiger charge is -2.36. The van der Waals surface area contributed by atoms with Crippen LogP contribution in [0.25, 0.3) is 0 Å². The van der Waals surface area contributed by atoms with E-state index in [2.05, 4.69) is 15.5 Å². The highest BCUT2D eigenvalue weighted by atomic mass is 32.2. The molecule has 0 heterocycles. The van der Waals surface area contributed by atoms with Crippen LogP contribution < -0.4 is 10.6 Å². The Morgan fingerprint density at radius 2 is 1.41 bits per heavy atom. The molecule has 1 fully saturated rings. The SMILES string of the molecule is COC(=O)NC(C(=O)NC1(CCCC(C(=O)OC)N(CCC(C)C)S(=O)(=O)c2ccc([N+](=O)OC)cc2)CCCC1)C(c1ccccc1)c1ccccc1. The Kier molecular flexibility index (Phi) is 15.1. The summed E-state index contributed by atoms with van der Waals surface area (Å²) >= 11 is 0. The molecule has 3 aromatic rings. The molecule has 14 heteroatoms. The van der Waals surface area contributed by atoms with Crippen molar-refractivity contribution in [2.75, 3.05) is 27.9 Å². The fourth-order valence-electron chi connectivity index (χ4n) is 7.17. The maximum atomic E-state index is 14.5. The Balaban J connectivity index is 1.61. The molecule has 292 valence electrons. The van der Waals surface area contributed by atoms with Gasteiger partial charge in [-0.05, 0) is 67.7 Å². The first-order chi connectivity index (χ1) is 25.9. The van der Waals surface area contributed by atoms with Crippen LogP contribution >= 0.6 is 0 Å². The quantitative estimate of drug-likeness (QED) is 0.104. The maximum Gasteiger partial charge on any atom is 0.407 e. The molecule has 2 atom stereocenters. The van der Waals surface area contributed by atoms with Crippen molar-refractivity contribution in [3.05, 3.63) is 101 Å². The largest absolute Gasteiger partial charge is 0.468 e. The number of nitrogens with zero attached hydrogens (tertiary/aromatic N) is 2. The smallest absolute Gasteiger partial charge is 0.407 e. The zero-order valence-electron chi connectivity index (χ0n) is 31.7. The second-order valence-electron chi connectivity index (χ2n) is 14.1. The van der Waals surface area contributed by atoms with Gasteiger partial charge >= 0.3 is 17.7 Å². The number of amides is 2. The molecule has 1 aliphatic rings. The van der Waals surface area contributed by atoms with Gasteiger partial charge in [0.2, 0.25) is 15.9 Å². The van der Waals surface area contributed by atoms with E-state index in [-0.39, 0.29) is 40.3 Å². The van der Waals surface area contributed by atoms with E-state index < -0.39 is 45.6 Å². The van der Waals surface area contributed by atoms with Gasteiger partial charge in [0.1, 0.15) is 12.1 Å². The lowest BCUT2D eigenvalue weighted by Crippen LogP contribution is -2.56. The van der Waals surface area contributed by atoms with Gasteiger partial charge in [0, 0.05) is 30.1 Å². The number of alkyl carbamates (subject to hydrolysis) is 1. The number of methoxy groups -OCH3 is 2. The molecule has 0 aliphatic heterocycles. The van der Waals surface area contributed by atoms with E-state index in [1.54, 1.807) is 0 Å². The summed E-state index contributed by atoms with van der Waals surface area (Å²) in [7, 11) is -0.535. The Hall–Kier alpha value is -4.82. The summed E-state index contributed by atoms with van der Waals surface area (Å²) in [5.74, 6) is -1.46. The monoisotopic (exact) mass is 765 g/mol. The van der Waals surface area contributed by atoms with Crippen LogP contribution in [0.5, 0.6) is 0 Å².